The summed E-state index contributed by atoms with van der Waals surface area (Å²) in [5, 5.41) is 4.33. The number of carbonyl (C=O) groups is 1. The van der Waals surface area contributed by atoms with Gasteiger partial charge in [-0.3, -0.25) is 9.36 Å². The zero-order valence-electron chi connectivity index (χ0n) is 12.8. The minimum absolute atomic E-state index is 0.744. The molecular weight excluding hydrogens is 288 g/mol. The highest BCUT2D eigenvalue weighted by Crippen LogP contribution is 2.34. The maximum absolute atomic E-state index is 11.9. The van der Waals surface area contributed by atoms with Crippen molar-refractivity contribution in [2.45, 2.75) is 0 Å². The first-order chi connectivity index (χ1) is 11.4. The fourth-order valence-electron chi connectivity index (χ4n) is 3.27. The van der Waals surface area contributed by atoms with Crippen LogP contribution in [-0.2, 0) is 0 Å². The van der Waals surface area contributed by atoms with E-state index in [1.54, 1.807) is 6.20 Å². The molecule has 1 fully saturated rings. The molecule has 1 aromatic carbocycles. The summed E-state index contributed by atoms with van der Waals surface area (Å²) in [5.41, 5.74) is 1.76. The molecular formula is C18H18N4O. The SMILES string of the molecule is O=Cc1c(N2CCNCC2)n(-c2ccccn2)c2ccccc12. The standard InChI is InChI=1S/C18H18N4O/c23-13-15-14-5-1-2-6-16(14)22(17-7-3-4-8-20-17)18(15)21-11-9-19-10-12-21/h1-8,13,19H,9-12H2. The van der Waals surface area contributed by atoms with Gasteiger partial charge in [0.25, 0.3) is 0 Å². The van der Waals surface area contributed by atoms with Gasteiger partial charge in [-0.05, 0) is 18.2 Å². The van der Waals surface area contributed by atoms with Gasteiger partial charge in [0.05, 0.1) is 11.1 Å². The van der Waals surface area contributed by atoms with Crippen molar-refractivity contribution < 1.29 is 4.79 Å². The second kappa shape index (κ2) is 5.85. The quantitative estimate of drug-likeness (QED) is 0.754. The molecule has 1 aliphatic rings. The van der Waals surface area contributed by atoms with Crippen LogP contribution in [0.3, 0.4) is 0 Å². The van der Waals surface area contributed by atoms with Gasteiger partial charge in [0.1, 0.15) is 11.6 Å². The number of aromatic nitrogens is 2. The van der Waals surface area contributed by atoms with Crippen molar-refractivity contribution in [2.24, 2.45) is 0 Å². The molecule has 0 unspecified atom stereocenters. The van der Waals surface area contributed by atoms with E-state index < -0.39 is 0 Å². The van der Waals surface area contributed by atoms with Crippen LogP contribution in [-0.4, -0.2) is 42.0 Å². The highest BCUT2D eigenvalue weighted by Gasteiger charge is 2.24. The average Bonchev–Trinajstić information content (AvgIpc) is 2.97. The molecule has 5 heteroatoms. The number of aldehydes is 1. The molecule has 2 aromatic heterocycles. The fraction of sp³-hybridized carbons (Fsp3) is 0.222. The number of pyridine rings is 1. The normalized spacial score (nSPS) is 15.0. The van der Waals surface area contributed by atoms with Crippen molar-refractivity contribution in [3.8, 4) is 5.82 Å². The third-order valence-corrected chi connectivity index (χ3v) is 4.30. The maximum Gasteiger partial charge on any atom is 0.154 e. The number of anilines is 1. The van der Waals surface area contributed by atoms with Crippen LogP contribution in [0.5, 0.6) is 0 Å². The molecule has 1 aliphatic heterocycles. The van der Waals surface area contributed by atoms with Crippen molar-refractivity contribution in [1.29, 1.82) is 0 Å². The number of para-hydroxylation sites is 1. The molecule has 5 nitrogen and oxygen atoms in total. The Kier molecular flexibility index (Phi) is 3.55. The third kappa shape index (κ3) is 2.29. The number of benzene rings is 1. The second-order valence-electron chi connectivity index (χ2n) is 5.63. The van der Waals surface area contributed by atoms with Gasteiger partial charge in [-0.1, -0.05) is 24.3 Å². The van der Waals surface area contributed by atoms with E-state index in [-0.39, 0.29) is 0 Å². The lowest BCUT2D eigenvalue weighted by atomic mass is 10.2. The Morgan fingerprint density at radius 2 is 1.83 bits per heavy atom. The Balaban J connectivity index is 2.03. The van der Waals surface area contributed by atoms with Gasteiger partial charge in [0.2, 0.25) is 0 Å². The minimum atomic E-state index is 0.744. The highest BCUT2D eigenvalue weighted by atomic mass is 16.1. The van der Waals surface area contributed by atoms with Crippen molar-refractivity contribution in [3.63, 3.8) is 0 Å². The molecule has 0 saturated carbocycles. The zero-order valence-corrected chi connectivity index (χ0v) is 12.8. The van der Waals surface area contributed by atoms with Crippen molar-refractivity contribution in [2.75, 3.05) is 31.1 Å². The van der Waals surface area contributed by atoms with E-state index in [1.165, 1.54) is 0 Å². The van der Waals surface area contributed by atoms with Gasteiger partial charge in [-0.25, -0.2) is 4.98 Å². The monoisotopic (exact) mass is 306 g/mol. The van der Waals surface area contributed by atoms with Crippen LogP contribution >= 0.6 is 0 Å². The fourth-order valence-corrected chi connectivity index (χ4v) is 3.27. The Morgan fingerprint density at radius 3 is 2.57 bits per heavy atom. The first kappa shape index (κ1) is 14.0. The molecule has 116 valence electrons. The van der Waals surface area contributed by atoms with Gasteiger partial charge in [-0.2, -0.15) is 0 Å². The third-order valence-electron chi connectivity index (χ3n) is 4.30. The summed E-state index contributed by atoms with van der Waals surface area (Å²) in [6, 6.07) is 13.9. The molecule has 0 bridgehead atoms. The highest BCUT2D eigenvalue weighted by molar-refractivity contribution is 6.05. The predicted octanol–water partition coefficient (Wildman–Crippen LogP) is 2.25. The molecule has 0 spiro atoms. The molecule has 0 amide bonds. The Hall–Kier alpha value is -2.66. The average molecular weight is 306 g/mol. The van der Waals surface area contributed by atoms with E-state index in [1.807, 2.05) is 42.5 Å². The number of hydrogen-bond acceptors (Lipinski definition) is 4. The summed E-state index contributed by atoms with van der Waals surface area (Å²) in [6.07, 6.45) is 2.76. The summed E-state index contributed by atoms with van der Waals surface area (Å²) in [7, 11) is 0. The minimum Gasteiger partial charge on any atom is -0.355 e. The number of fused-ring (bicyclic) bond motifs is 1. The lowest BCUT2D eigenvalue weighted by Crippen LogP contribution is -2.44. The topological polar surface area (TPSA) is 50.2 Å². The zero-order chi connectivity index (χ0) is 15.6. The summed E-state index contributed by atoms with van der Waals surface area (Å²) >= 11 is 0. The Morgan fingerprint density at radius 1 is 1.04 bits per heavy atom. The number of rotatable bonds is 3. The van der Waals surface area contributed by atoms with Gasteiger partial charge >= 0.3 is 0 Å². The van der Waals surface area contributed by atoms with Crippen LogP contribution < -0.4 is 10.2 Å². The lowest BCUT2D eigenvalue weighted by Gasteiger charge is -2.30. The van der Waals surface area contributed by atoms with E-state index in [2.05, 4.69) is 19.8 Å². The van der Waals surface area contributed by atoms with Crippen LogP contribution in [0.4, 0.5) is 5.82 Å². The molecule has 1 N–H and O–H groups in total. The van der Waals surface area contributed by atoms with Crippen LogP contribution in [0.2, 0.25) is 0 Å². The van der Waals surface area contributed by atoms with E-state index >= 15 is 0 Å². The number of nitrogens with zero attached hydrogens (tertiary/aromatic N) is 3. The van der Waals surface area contributed by atoms with Gasteiger partial charge in [-0.15, -0.1) is 0 Å². The Bertz CT molecular complexity index is 835. The van der Waals surface area contributed by atoms with Crippen LogP contribution in [0.25, 0.3) is 16.7 Å². The molecule has 4 rings (SSSR count). The first-order valence-corrected chi connectivity index (χ1v) is 7.86. The van der Waals surface area contributed by atoms with Crippen molar-refractivity contribution in [3.05, 3.63) is 54.2 Å². The number of carbonyl (C=O) groups excluding carboxylic acids is 1. The summed E-state index contributed by atoms with van der Waals surface area (Å²) in [4.78, 5) is 18.6. The van der Waals surface area contributed by atoms with Crippen molar-refractivity contribution >= 4 is 23.0 Å². The van der Waals surface area contributed by atoms with Crippen LogP contribution in [0.1, 0.15) is 10.4 Å². The first-order valence-electron chi connectivity index (χ1n) is 7.86. The smallest absolute Gasteiger partial charge is 0.154 e. The van der Waals surface area contributed by atoms with E-state index in [0.29, 0.717) is 0 Å². The molecule has 0 radical (unpaired) electrons. The van der Waals surface area contributed by atoms with Gasteiger partial charge < -0.3 is 10.2 Å². The largest absolute Gasteiger partial charge is 0.355 e. The van der Waals surface area contributed by atoms with Crippen LogP contribution in [0.15, 0.2) is 48.7 Å². The summed E-state index contributed by atoms with van der Waals surface area (Å²) in [5.74, 6) is 1.78. The van der Waals surface area contributed by atoms with Gasteiger partial charge in [0.15, 0.2) is 6.29 Å². The molecule has 23 heavy (non-hydrogen) atoms. The summed E-state index contributed by atoms with van der Waals surface area (Å²) in [6.45, 7) is 3.60. The van der Waals surface area contributed by atoms with E-state index in [9.17, 15) is 4.79 Å². The molecule has 0 atom stereocenters. The van der Waals surface area contributed by atoms with Gasteiger partial charge in [0, 0.05) is 37.8 Å². The number of hydrogen-bond donors (Lipinski definition) is 1. The van der Waals surface area contributed by atoms with Crippen LogP contribution in [0, 0.1) is 0 Å². The van der Waals surface area contributed by atoms with E-state index in [4.69, 9.17) is 0 Å². The maximum atomic E-state index is 11.9. The molecule has 1 saturated heterocycles. The Labute approximate surface area is 134 Å². The molecule has 0 aliphatic carbocycles. The molecule has 3 heterocycles. The van der Waals surface area contributed by atoms with E-state index in [0.717, 1.165) is 60.6 Å². The molecule has 3 aromatic rings. The summed E-state index contributed by atoms with van der Waals surface area (Å²) < 4.78 is 2.10. The lowest BCUT2D eigenvalue weighted by molar-refractivity contribution is 0.112. The van der Waals surface area contributed by atoms with Crippen molar-refractivity contribution in [1.82, 2.24) is 14.9 Å². The number of nitrogens with one attached hydrogen (secondary N) is 1. The number of piperazine rings is 1. The predicted molar refractivity (Wildman–Crippen MR) is 91.5 cm³/mol. The second-order valence-corrected chi connectivity index (χ2v) is 5.63.